The molecule has 0 fully saturated rings. The van der Waals surface area contributed by atoms with E-state index in [0.717, 1.165) is 34.3 Å². The largest absolute Gasteiger partial charge is 0.383 e. The maximum Gasteiger partial charge on any atom is 0.252 e. The molecule has 0 aliphatic carbocycles. The number of hydrogen-bond acceptors (Lipinski definition) is 6. The third-order valence-electron chi connectivity index (χ3n) is 6.61. The summed E-state index contributed by atoms with van der Waals surface area (Å²) in [6.07, 6.45) is 0.795. The van der Waals surface area contributed by atoms with Crippen molar-refractivity contribution in [3.05, 3.63) is 86.5 Å². The van der Waals surface area contributed by atoms with Gasteiger partial charge in [0.15, 0.2) is 5.82 Å². The Morgan fingerprint density at radius 1 is 1.06 bits per heavy atom. The number of hydrogen-bond donors (Lipinski definition) is 1. The van der Waals surface area contributed by atoms with E-state index in [1.54, 1.807) is 11.8 Å². The van der Waals surface area contributed by atoms with Crippen LogP contribution in [0.1, 0.15) is 53.0 Å². The molecule has 0 bridgehead atoms. The van der Waals surface area contributed by atoms with Crippen LogP contribution in [-0.4, -0.2) is 43.8 Å². The summed E-state index contributed by atoms with van der Waals surface area (Å²) in [7, 11) is 1.67. The average molecular weight is 475 g/mol. The van der Waals surface area contributed by atoms with Crippen LogP contribution in [0.15, 0.2) is 47.3 Å². The maximum atomic E-state index is 13.1. The molecule has 0 saturated heterocycles. The zero-order chi connectivity index (χ0) is 24.9. The minimum absolute atomic E-state index is 0.0662. The highest BCUT2D eigenvalue weighted by molar-refractivity contribution is 5.80. The van der Waals surface area contributed by atoms with E-state index < -0.39 is 0 Å². The number of aromatic nitrogens is 5. The van der Waals surface area contributed by atoms with Gasteiger partial charge in [-0.2, -0.15) is 0 Å². The number of fused-ring (bicyclic) bond motifs is 1. The van der Waals surface area contributed by atoms with E-state index in [1.807, 2.05) is 12.1 Å². The van der Waals surface area contributed by atoms with Gasteiger partial charge >= 0.3 is 0 Å². The number of pyridine rings is 1. The topological polar surface area (TPSA) is 88.9 Å². The van der Waals surface area contributed by atoms with Crippen molar-refractivity contribution in [2.45, 2.75) is 59.8 Å². The Hall–Kier alpha value is -3.36. The molecule has 2 heterocycles. The number of nitrogens with zero attached hydrogens (tertiary/aromatic N) is 5. The van der Waals surface area contributed by atoms with Crippen LogP contribution < -0.4 is 5.56 Å². The number of benzene rings is 2. The van der Waals surface area contributed by atoms with Crippen LogP contribution in [0.2, 0.25) is 0 Å². The first-order chi connectivity index (χ1) is 16.9. The molecule has 4 aromatic rings. The van der Waals surface area contributed by atoms with Crippen LogP contribution in [-0.2, 0) is 24.4 Å². The number of rotatable bonds is 10. The predicted molar refractivity (Wildman–Crippen MR) is 137 cm³/mol. The lowest BCUT2D eigenvalue weighted by molar-refractivity contribution is 0.151. The zero-order valence-corrected chi connectivity index (χ0v) is 21.2. The summed E-state index contributed by atoms with van der Waals surface area (Å²) < 4.78 is 7.05. The zero-order valence-electron chi connectivity index (χ0n) is 21.2. The molecule has 1 atom stereocenters. The highest BCUT2D eigenvalue weighted by Crippen LogP contribution is 2.27. The van der Waals surface area contributed by atoms with Gasteiger partial charge in [0.05, 0.1) is 19.2 Å². The van der Waals surface area contributed by atoms with Crippen molar-refractivity contribution in [3.63, 3.8) is 0 Å². The van der Waals surface area contributed by atoms with Crippen molar-refractivity contribution in [1.82, 2.24) is 30.1 Å². The predicted octanol–water partition coefficient (Wildman–Crippen LogP) is 4.24. The average Bonchev–Trinajstić information content (AvgIpc) is 3.29. The number of methoxy groups -OCH3 is 1. The summed E-state index contributed by atoms with van der Waals surface area (Å²) in [6.45, 7) is 10.6. The molecule has 4 rings (SSSR count). The highest BCUT2D eigenvalue weighted by atomic mass is 16.5. The number of nitrogens with one attached hydrogen (secondary N) is 1. The summed E-state index contributed by atoms with van der Waals surface area (Å²) in [4.78, 5) is 18.5. The molecule has 2 aromatic carbocycles. The first-order valence-electron chi connectivity index (χ1n) is 12.1. The van der Waals surface area contributed by atoms with E-state index in [4.69, 9.17) is 4.74 Å². The Kier molecular flexibility index (Phi) is 7.73. The Labute approximate surface area is 205 Å². The number of aryl methyl sites for hydroxylation is 3. The van der Waals surface area contributed by atoms with Crippen LogP contribution in [0.3, 0.4) is 0 Å². The molecule has 8 heteroatoms. The van der Waals surface area contributed by atoms with Gasteiger partial charge in [-0.05, 0) is 77.9 Å². The maximum absolute atomic E-state index is 13.1. The summed E-state index contributed by atoms with van der Waals surface area (Å²) in [6, 6.07) is 14.6. The first-order valence-corrected chi connectivity index (χ1v) is 12.1. The van der Waals surface area contributed by atoms with E-state index in [0.29, 0.717) is 26.2 Å². The minimum atomic E-state index is -0.0713. The van der Waals surface area contributed by atoms with E-state index >= 15 is 0 Å². The molecule has 0 radical (unpaired) electrons. The van der Waals surface area contributed by atoms with Gasteiger partial charge < -0.3 is 9.72 Å². The fraction of sp³-hybridized carbons (Fsp3) is 0.407. The van der Waals surface area contributed by atoms with Crippen molar-refractivity contribution in [1.29, 1.82) is 0 Å². The lowest BCUT2D eigenvalue weighted by Crippen LogP contribution is -2.32. The van der Waals surface area contributed by atoms with Crippen LogP contribution in [0, 0.1) is 20.8 Å². The van der Waals surface area contributed by atoms with Crippen molar-refractivity contribution >= 4 is 10.9 Å². The second-order valence-electron chi connectivity index (χ2n) is 9.22. The van der Waals surface area contributed by atoms with Gasteiger partial charge in [-0.3, -0.25) is 9.69 Å². The van der Waals surface area contributed by atoms with E-state index in [2.05, 4.69) is 83.4 Å². The Morgan fingerprint density at radius 2 is 1.80 bits per heavy atom. The highest BCUT2D eigenvalue weighted by Gasteiger charge is 2.26. The first kappa shape index (κ1) is 24.8. The van der Waals surface area contributed by atoms with E-state index in [-0.39, 0.29) is 11.6 Å². The molecule has 0 spiro atoms. The van der Waals surface area contributed by atoms with Crippen LogP contribution in [0.25, 0.3) is 10.9 Å². The van der Waals surface area contributed by atoms with Crippen molar-refractivity contribution in [2.24, 2.45) is 0 Å². The summed E-state index contributed by atoms with van der Waals surface area (Å²) in [5.74, 6) is 0.778. The quantitative estimate of drug-likeness (QED) is 0.370. The molecule has 8 nitrogen and oxygen atoms in total. The van der Waals surface area contributed by atoms with Crippen molar-refractivity contribution in [3.8, 4) is 0 Å². The standard InChI is InChI=1S/C27H34N6O2/c1-6-25(26-29-30-31-33(26)11-12-35-5)32(16-21-9-7-18(2)8-10-21)17-23-15-22-13-19(3)20(4)14-24(22)28-27(23)34/h7-10,13-15,25H,6,11-12,16-17H2,1-5H3,(H,28,34). The molecule has 0 amide bonds. The minimum Gasteiger partial charge on any atom is -0.383 e. The molecule has 0 aliphatic heterocycles. The third-order valence-corrected chi connectivity index (χ3v) is 6.61. The SMILES string of the molecule is CCC(c1nnnn1CCOC)N(Cc1ccc(C)cc1)Cc1cc2cc(C)c(C)cc2[nH]c1=O. The molecule has 2 aromatic heterocycles. The number of aromatic amines is 1. The van der Waals surface area contributed by atoms with Gasteiger partial charge in [-0.15, -0.1) is 5.10 Å². The lowest BCUT2D eigenvalue weighted by Gasteiger charge is -2.30. The molecule has 0 aliphatic rings. The Bertz CT molecular complexity index is 1340. The van der Waals surface area contributed by atoms with Crippen molar-refractivity contribution in [2.75, 3.05) is 13.7 Å². The molecular formula is C27H34N6O2. The van der Waals surface area contributed by atoms with Gasteiger partial charge in [0.2, 0.25) is 0 Å². The number of H-pyrrole nitrogens is 1. The monoisotopic (exact) mass is 474 g/mol. The normalized spacial score (nSPS) is 12.5. The van der Waals surface area contributed by atoms with Gasteiger partial charge in [-0.1, -0.05) is 36.8 Å². The summed E-state index contributed by atoms with van der Waals surface area (Å²) >= 11 is 0. The number of ether oxygens (including phenoxy) is 1. The molecule has 0 saturated carbocycles. The summed E-state index contributed by atoms with van der Waals surface area (Å²) in [5.41, 5.74) is 6.28. The van der Waals surface area contributed by atoms with Gasteiger partial charge in [-0.25, -0.2) is 4.68 Å². The second-order valence-corrected chi connectivity index (χ2v) is 9.22. The molecular weight excluding hydrogens is 440 g/mol. The fourth-order valence-electron chi connectivity index (χ4n) is 4.45. The molecule has 1 N–H and O–H groups in total. The van der Waals surface area contributed by atoms with Gasteiger partial charge in [0, 0.05) is 31.3 Å². The van der Waals surface area contributed by atoms with E-state index in [1.165, 1.54) is 16.7 Å². The Morgan fingerprint density at radius 3 is 2.51 bits per heavy atom. The summed E-state index contributed by atoms with van der Waals surface area (Å²) in [5, 5.41) is 13.5. The smallest absolute Gasteiger partial charge is 0.252 e. The molecule has 184 valence electrons. The van der Waals surface area contributed by atoms with Crippen LogP contribution >= 0.6 is 0 Å². The second kappa shape index (κ2) is 10.9. The van der Waals surface area contributed by atoms with Gasteiger partial charge in [0.25, 0.3) is 5.56 Å². The fourth-order valence-corrected chi connectivity index (χ4v) is 4.45. The number of tetrazole rings is 1. The molecule has 1 unspecified atom stereocenters. The molecule has 35 heavy (non-hydrogen) atoms. The van der Waals surface area contributed by atoms with Crippen LogP contribution in [0.5, 0.6) is 0 Å². The van der Waals surface area contributed by atoms with Gasteiger partial charge in [0.1, 0.15) is 0 Å². The third kappa shape index (κ3) is 5.66. The lowest BCUT2D eigenvalue weighted by atomic mass is 10.0. The Balaban J connectivity index is 1.73. The van der Waals surface area contributed by atoms with E-state index in [9.17, 15) is 4.79 Å². The van der Waals surface area contributed by atoms with Crippen molar-refractivity contribution < 1.29 is 4.74 Å². The van der Waals surface area contributed by atoms with Crippen LogP contribution in [0.4, 0.5) is 0 Å².